The Bertz CT molecular complexity index is 557. The molecule has 1 aromatic rings. The first kappa shape index (κ1) is 14.9. The van der Waals surface area contributed by atoms with E-state index in [0.29, 0.717) is 12.1 Å². The molecule has 0 bridgehead atoms. The lowest BCUT2D eigenvalue weighted by Crippen LogP contribution is -2.20. The lowest BCUT2D eigenvalue weighted by molar-refractivity contribution is -0.119. The van der Waals surface area contributed by atoms with Crippen LogP contribution in [0.3, 0.4) is 0 Å². The Labute approximate surface area is 111 Å². The average Bonchev–Trinajstić information content (AvgIpc) is 2.29. The molecular weight excluding hydrogens is 276 g/mol. The van der Waals surface area contributed by atoms with E-state index >= 15 is 0 Å². The molecule has 0 radical (unpaired) electrons. The van der Waals surface area contributed by atoms with Gasteiger partial charge in [0.15, 0.2) is 0 Å². The number of rotatable bonds is 4. The minimum atomic E-state index is -3.79. The number of nitrogens with two attached hydrogens (primary N) is 1. The van der Waals surface area contributed by atoms with Crippen molar-refractivity contribution < 1.29 is 13.2 Å². The van der Waals surface area contributed by atoms with E-state index < -0.39 is 10.0 Å². The average molecular weight is 291 g/mol. The van der Waals surface area contributed by atoms with Crippen LogP contribution in [-0.2, 0) is 14.8 Å². The summed E-state index contributed by atoms with van der Waals surface area (Å²) < 4.78 is 22.2. The monoisotopic (exact) mass is 290 g/mol. The van der Waals surface area contributed by atoms with E-state index in [-0.39, 0.29) is 21.7 Å². The minimum Gasteiger partial charge on any atom is -0.325 e. The molecule has 7 heteroatoms. The van der Waals surface area contributed by atoms with E-state index in [1.54, 1.807) is 6.92 Å². The van der Waals surface area contributed by atoms with E-state index in [1.807, 2.05) is 6.92 Å². The summed E-state index contributed by atoms with van der Waals surface area (Å²) >= 11 is 5.89. The van der Waals surface area contributed by atoms with Gasteiger partial charge < -0.3 is 5.32 Å². The van der Waals surface area contributed by atoms with Crippen molar-refractivity contribution in [2.45, 2.75) is 25.2 Å². The summed E-state index contributed by atoms with van der Waals surface area (Å²) in [6.07, 6.45) is 0.707. The normalized spacial score (nSPS) is 13.1. The smallest absolute Gasteiger partial charge is 0.238 e. The van der Waals surface area contributed by atoms with Crippen LogP contribution >= 0.6 is 11.6 Å². The van der Waals surface area contributed by atoms with Crippen LogP contribution in [-0.4, -0.2) is 14.3 Å². The van der Waals surface area contributed by atoms with Crippen molar-refractivity contribution in [2.24, 2.45) is 11.1 Å². The summed E-state index contributed by atoms with van der Waals surface area (Å²) in [7, 11) is -3.79. The third-order valence-corrected chi connectivity index (χ3v) is 3.81. The molecule has 0 aliphatic rings. The molecule has 0 aliphatic heterocycles. The van der Waals surface area contributed by atoms with Crippen molar-refractivity contribution >= 4 is 33.2 Å². The molecule has 1 aromatic carbocycles. The van der Waals surface area contributed by atoms with Crippen molar-refractivity contribution in [1.29, 1.82) is 0 Å². The second-order valence-electron chi connectivity index (χ2n) is 3.99. The molecule has 1 atom stereocenters. The van der Waals surface area contributed by atoms with Crippen LogP contribution in [0.5, 0.6) is 0 Å². The Morgan fingerprint density at radius 2 is 2.11 bits per heavy atom. The van der Waals surface area contributed by atoms with Gasteiger partial charge in [0.2, 0.25) is 15.9 Å². The predicted molar refractivity (Wildman–Crippen MR) is 70.9 cm³/mol. The Balaban J connectivity index is 2.97. The molecule has 0 saturated heterocycles. The van der Waals surface area contributed by atoms with Gasteiger partial charge in [-0.15, -0.1) is 0 Å². The quantitative estimate of drug-likeness (QED) is 0.888. The Morgan fingerprint density at radius 1 is 1.50 bits per heavy atom. The van der Waals surface area contributed by atoms with Crippen LogP contribution < -0.4 is 10.5 Å². The van der Waals surface area contributed by atoms with E-state index in [4.69, 9.17) is 16.7 Å². The molecule has 0 aromatic heterocycles. The molecule has 0 fully saturated rings. The SMILES string of the molecule is CCC(C)C(=O)Nc1ccc(S(N)(=O)=O)cc1Cl. The molecule has 3 N–H and O–H groups in total. The molecule has 5 nitrogen and oxygen atoms in total. The molecule has 0 aliphatic carbocycles. The third-order valence-electron chi connectivity index (χ3n) is 2.59. The molecule has 0 saturated carbocycles. The highest BCUT2D eigenvalue weighted by Gasteiger charge is 2.14. The maximum absolute atomic E-state index is 11.7. The lowest BCUT2D eigenvalue weighted by atomic mass is 10.1. The number of hydrogen-bond acceptors (Lipinski definition) is 3. The molecule has 100 valence electrons. The topological polar surface area (TPSA) is 89.3 Å². The summed E-state index contributed by atoms with van der Waals surface area (Å²) in [5.41, 5.74) is 0.370. The Hall–Kier alpha value is -1.11. The fraction of sp³-hybridized carbons (Fsp3) is 0.364. The number of nitrogens with one attached hydrogen (secondary N) is 1. The molecule has 0 spiro atoms. The van der Waals surface area contributed by atoms with Gasteiger partial charge in [-0.05, 0) is 24.6 Å². The van der Waals surface area contributed by atoms with E-state index in [0.717, 1.165) is 0 Å². The van der Waals surface area contributed by atoms with E-state index in [2.05, 4.69) is 5.32 Å². The van der Waals surface area contributed by atoms with Crippen molar-refractivity contribution in [3.05, 3.63) is 23.2 Å². The number of hydrogen-bond donors (Lipinski definition) is 2. The first-order valence-electron chi connectivity index (χ1n) is 5.39. The van der Waals surface area contributed by atoms with Crippen molar-refractivity contribution in [1.82, 2.24) is 0 Å². The zero-order valence-corrected chi connectivity index (χ0v) is 11.7. The highest BCUT2D eigenvalue weighted by atomic mass is 35.5. The number of carbonyl (C=O) groups excluding carboxylic acids is 1. The van der Waals surface area contributed by atoms with Gasteiger partial charge in [0.1, 0.15) is 0 Å². The van der Waals surface area contributed by atoms with Gasteiger partial charge in [0.05, 0.1) is 15.6 Å². The number of sulfonamides is 1. The maximum Gasteiger partial charge on any atom is 0.238 e. The zero-order valence-electron chi connectivity index (χ0n) is 10.1. The van der Waals surface area contributed by atoms with E-state index in [9.17, 15) is 13.2 Å². The molecular formula is C11H15ClN2O3S. The predicted octanol–water partition coefficient (Wildman–Crippen LogP) is 1.97. The molecule has 1 rings (SSSR count). The van der Waals surface area contributed by atoms with Crippen LogP contribution in [0.1, 0.15) is 20.3 Å². The van der Waals surface area contributed by atoms with Gasteiger partial charge in [-0.25, -0.2) is 13.6 Å². The Kier molecular flexibility index (Phi) is 4.72. The van der Waals surface area contributed by atoms with Crippen molar-refractivity contribution in [2.75, 3.05) is 5.32 Å². The molecule has 0 heterocycles. The second kappa shape index (κ2) is 5.69. The maximum atomic E-state index is 11.7. The van der Waals surface area contributed by atoms with Gasteiger partial charge in [-0.1, -0.05) is 25.4 Å². The second-order valence-corrected chi connectivity index (χ2v) is 5.95. The fourth-order valence-electron chi connectivity index (χ4n) is 1.22. The standard InChI is InChI=1S/C11H15ClN2O3S/c1-3-7(2)11(15)14-10-5-4-8(6-9(10)12)18(13,16)17/h4-7H,3H2,1-2H3,(H,14,15)(H2,13,16,17). The first-order valence-corrected chi connectivity index (χ1v) is 7.31. The van der Waals surface area contributed by atoms with Crippen molar-refractivity contribution in [3.63, 3.8) is 0 Å². The highest BCUT2D eigenvalue weighted by molar-refractivity contribution is 7.89. The zero-order chi connectivity index (χ0) is 13.9. The largest absolute Gasteiger partial charge is 0.325 e. The number of primary sulfonamides is 1. The summed E-state index contributed by atoms with van der Waals surface area (Å²) in [5.74, 6) is -0.304. The summed E-state index contributed by atoms with van der Waals surface area (Å²) in [5, 5.41) is 7.74. The van der Waals surface area contributed by atoms with E-state index in [1.165, 1.54) is 18.2 Å². The number of anilines is 1. The van der Waals surface area contributed by atoms with Crippen molar-refractivity contribution in [3.8, 4) is 0 Å². The minimum absolute atomic E-state index is 0.0889. The van der Waals surface area contributed by atoms with Gasteiger partial charge in [0, 0.05) is 5.92 Å². The fourth-order valence-corrected chi connectivity index (χ4v) is 2.05. The summed E-state index contributed by atoms with van der Waals surface area (Å²) in [6.45, 7) is 3.69. The Morgan fingerprint density at radius 3 is 2.56 bits per heavy atom. The lowest BCUT2D eigenvalue weighted by Gasteiger charge is -2.11. The van der Waals surface area contributed by atoms with Gasteiger partial charge in [-0.3, -0.25) is 4.79 Å². The van der Waals surface area contributed by atoms with Crippen LogP contribution in [0.25, 0.3) is 0 Å². The number of amides is 1. The highest BCUT2D eigenvalue weighted by Crippen LogP contribution is 2.25. The number of carbonyl (C=O) groups is 1. The van der Waals surface area contributed by atoms with Gasteiger partial charge in [-0.2, -0.15) is 0 Å². The summed E-state index contributed by atoms with van der Waals surface area (Å²) in [6, 6.07) is 3.93. The molecule has 1 amide bonds. The van der Waals surface area contributed by atoms with Crippen LogP contribution in [0.2, 0.25) is 5.02 Å². The first-order chi connectivity index (χ1) is 8.25. The number of benzene rings is 1. The molecule has 1 unspecified atom stereocenters. The summed E-state index contributed by atoms with van der Waals surface area (Å²) in [4.78, 5) is 11.6. The van der Waals surface area contributed by atoms with Crippen LogP contribution in [0.15, 0.2) is 23.1 Å². The molecule has 18 heavy (non-hydrogen) atoms. The van der Waals surface area contributed by atoms with Crippen LogP contribution in [0.4, 0.5) is 5.69 Å². The van der Waals surface area contributed by atoms with Crippen LogP contribution in [0, 0.1) is 5.92 Å². The van der Waals surface area contributed by atoms with Gasteiger partial charge in [0.25, 0.3) is 0 Å². The van der Waals surface area contributed by atoms with Gasteiger partial charge >= 0.3 is 0 Å². The third kappa shape index (κ3) is 3.69. The number of halogens is 1.